The maximum Gasteiger partial charge on any atom is 0.308 e. The molecule has 0 amide bonds. The Morgan fingerprint density at radius 3 is 2.83 bits per heavy atom. The Balaban J connectivity index is 1.72. The monoisotopic (exact) mass is 366 g/mol. The maximum atomic E-state index is 12.4. The summed E-state index contributed by atoms with van der Waals surface area (Å²) >= 11 is 1.06. The highest BCUT2D eigenvalue weighted by Gasteiger charge is 2.16. The summed E-state index contributed by atoms with van der Waals surface area (Å²) in [5.41, 5.74) is 0.768. The molecule has 0 aliphatic heterocycles. The van der Waals surface area contributed by atoms with E-state index in [1.807, 2.05) is 19.1 Å². The Labute approximate surface area is 143 Å². The summed E-state index contributed by atoms with van der Waals surface area (Å²) in [5.74, 6) is 0.835. The molecule has 8 heteroatoms. The summed E-state index contributed by atoms with van der Waals surface area (Å²) < 4.78 is 34.9. The minimum absolute atomic E-state index is 0.0755. The summed E-state index contributed by atoms with van der Waals surface area (Å²) in [6.07, 6.45) is 2.92. The Hall–Kier alpha value is -1.90. The third-order valence-electron chi connectivity index (χ3n) is 3.74. The highest BCUT2D eigenvalue weighted by molar-refractivity contribution is 7.89. The van der Waals surface area contributed by atoms with Crippen molar-refractivity contribution >= 4 is 31.6 Å². The second-order valence-corrected chi connectivity index (χ2v) is 8.08. The van der Waals surface area contributed by atoms with Crippen molar-refractivity contribution in [2.24, 2.45) is 0 Å². The second-order valence-electron chi connectivity index (χ2n) is 5.32. The van der Waals surface area contributed by atoms with Gasteiger partial charge in [-0.25, -0.2) is 13.1 Å². The first-order valence-electron chi connectivity index (χ1n) is 7.66. The third kappa shape index (κ3) is 3.45. The molecular formula is C16H18N2O4S2. The van der Waals surface area contributed by atoms with Crippen molar-refractivity contribution in [1.82, 2.24) is 9.29 Å². The molecule has 0 fully saturated rings. The average molecular weight is 366 g/mol. The SMILES string of the molecule is CCn1c(=O)sc2cc(S(=O)(=O)NCCCc3ccco3)ccc21. The number of hydrogen-bond donors (Lipinski definition) is 1. The van der Waals surface area contributed by atoms with Crippen molar-refractivity contribution in [3.05, 3.63) is 52.0 Å². The highest BCUT2D eigenvalue weighted by atomic mass is 32.2. The van der Waals surface area contributed by atoms with Gasteiger partial charge in [0.15, 0.2) is 0 Å². The van der Waals surface area contributed by atoms with Crippen LogP contribution in [-0.2, 0) is 23.0 Å². The van der Waals surface area contributed by atoms with E-state index < -0.39 is 10.0 Å². The largest absolute Gasteiger partial charge is 0.469 e. The molecule has 6 nitrogen and oxygen atoms in total. The van der Waals surface area contributed by atoms with E-state index in [0.29, 0.717) is 30.6 Å². The van der Waals surface area contributed by atoms with Gasteiger partial charge in [-0.15, -0.1) is 0 Å². The molecule has 2 heterocycles. The van der Waals surface area contributed by atoms with E-state index in [4.69, 9.17) is 4.42 Å². The van der Waals surface area contributed by atoms with Crippen LogP contribution in [-0.4, -0.2) is 19.5 Å². The van der Waals surface area contributed by atoms with E-state index in [2.05, 4.69) is 4.72 Å². The van der Waals surface area contributed by atoms with Crippen LogP contribution in [0.5, 0.6) is 0 Å². The summed E-state index contributed by atoms with van der Waals surface area (Å²) in [7, 11) is -3.59. The summed E-state index contributed by atoms with van der Waals surface area (Å²) in [6, 6.07) is 8.46. The summed E-state index contributed by atoms with van der Waals surface area (Å²) in [5, 5.41) is 0. The fourth-order valence-corrected chi connectivity index (χ4v) is 4.69. The first-order valence-corrected chi connectivity index (χ1v) is 9.96. The van der Waals surface area contributed by atoms with Crippen LogP contribution in [0.15, 0.2) is 50.7 Å². The molecule has 0 spiro atoms. The van der Waals surface area contributed by atoms with E-state index in [-0.39, 0.29) is 9.77 Å². The van der Waals surface area contributed by atoms with Crippen LogP contribution in [0.25, 0.3) is 10.2 Å². The molecule has 1 aromatic carbocycles. The third-order valence-corrected chi connectivity index (χ3v) is 6.14. The van der Waals surface area contributed by atoms with E-state index in [9.17, 15) is 13.2 Å². The number of aromatic nitrogens is 1. The summed E-state index contributed by atoms with van der Waals surface area (Å²) in [6.45, 7) is 2.78. The van der Waals surface area contributed by atoms with Crippen LogP contribution in [0.2, 0.25) is 0 Å². The predicted octanol–water partition coefficient (Wildman–Crippen LogP) is 2.59. The van der Waals surface area contributed by atoms with Gasteiger partial charge in [0.25, 0.3) is 0 Å². The van der Waals surface area contributed by atoms with Gasteiger partial charge in [0.1, 0.15) is 5.76 Å². The van der Waals surface area contributed by atoms with Gasteiger partial charge in [-0.2, -0.15) is 0 Å². The number of nitrogens with zero attached hydrogens (tertiary/aromatic N) is 1. The van der Waals surface area contributed by atoms with Crippen LogP contribution in [0.4, 0.5) is 0 Å². The lowest BCUT2D eigenvalue weighted by Crippen LogP contribution is -2.25. The zero-order valence-corrected chi connectivity index (χ0v) is 14.8. The quantitative estimate of drug-likeness (QED) is 0.652. The van der Waals surface area contributed by atoms with E-state index in [0.717, 1.165) is 22.6 Å². The van der Waals surface area contributed by atoms with Crippen molar-refractivity contribution in [2.75, 3.05) is 6.54 Å². The Morgan fingerprint density at radius 1 is 1.29 bits per heavy atom. The van der Waals surface area contributed by atoms with Gasteiger partial charge >= 0.3 is 4.87 Å². The lowest BCUT2D eigenvalue weighted by molar-refractivity contribution is 0.500. The molecule has 0 saturated heterocycles. The van der Waals surface area contributed by atoms with E-state index in [1.165, 1.54) is 6.07 Å². The van der Waals surface area contributed by atoms with Gasteiger partial charge in [0.2, 0.25) is 10.0 Å². The first kappa shape index (κ1) is 16.9. The van der Waals surface area contributed by atoms with Gasteiger partial charge in [-0.05, 0) is 43.7 Å². The minimum Gasteiger partial charge on any atom is -0.469 e. The number of furan rings is 1. The zero-order valence-electron chi connectivity index (χ0n) is 13.2. The fraction of sp³-hybridized carbons (Fsp3) is 0.312. The van der Waals surface area contributed by atoms with E-state index >= 15 is 0 Å². The van der Waals surface area contributed by atoms with Crippen molar-refractivity contribution in [3.63, 3.8) is 0 Å². The van der Waals surface area contributed by atoms with Gasteiger partial charge in [-0.1, -0.05) is 11.3 Å². The molecule has 128 valence electrons. The smallest absolute Gasteiger partial charge is 0.308 e. The predicted molar refractivity (Wildman–Crippen MR) is 94.0 cm³/mol. The molecule has 3 rings (SSSR count). The molecule has 1 N–H and O–H groups in total. The standard InChI is InChI=1S/C16H18N2O4S2/c1-2-18-14-8-7-13(11-15(14)23-16(18)19)24(20,21)17-9-3-5-12-6-4-10-22-12/h4,6-8,10-11,17H,2-3,5,9H2,1H3. The van der Waals surface area contributed by atoms with Crippen molar-refractivity contribution in [2.45, 2.75) is 31.2 Å². The number of aryl methyl sites for hydroxylation is 2. The molecule has 3 aromatic rings. The van der Waals surface area contributed by atoms with Gasteiger partial charge in [0, 0.05) is 19.5 Å². The minimum atomic E-state index is -3.59. The zero-order chi connectivity index (χ0) is 17.2. The number of fused-ring (bicyclic) bond motifs is 1. The van der Waals surface area contributed by atoms with Gasteiger partial charge in [-0.3, -0.25) is 9.36 Å². The van der Waals surface area contributed by atoms with E-state index in [1.54, 1.807) is 23.0 Å². The van der Waals surface area contributed by atoms with Gasteiger partial charge in [0.05, 0.1) is 21.4 Å². The Bertz CT molecular complexity index is 985. The number of sulfonamides is 1. The van der Waals surface area contributed by atoms with Crippen molar-refractivity contribution in [1.29, 1.82) is 0 Å². The number of nitrogens with one attached hydrogen (secondary N) is 1. The molecule has 0 saturated carbocycles. The number of rotatable bonds is 7. The molecule has 0 aliphatic rings. The molecular weight excluding hydrogens is 348 g/mol. The molecule has 0 bridgehead atoms. The molecule has 0 radical (unpaired) electrons. The van der Waals surface area contributed by atoms with Crippen LogP contribution in [0, 0.1) is 0 Å². The first-order chi connectivity index (χ1) is 11.5. The number of thiazole rings is 1. The van der Waals surface area contributed by atoms with Crippen LogP contribution in [0.1, 0.15) is 19.1 Å². The molecule has 0 aliphatic carbocycles. The topological polar surface area (TPSA) is 81.3 Å². The Morgan fingerprint density at radius 2 is 2.12 bits per heavy atom. The summed E-state index contributed by atoms with van der Waals surface area (Å²) in [4.78, 5) is 12.0. The van der Waals surface area contributed by atoms with Crippen LogP contribution < -0.4 is 9.60 Å². The normalized spacial score (nSPS) is 12.0. The van der Waals surface area contributed by atoms with Crippen LogP contribution in [0.3, 0.4) is 0 Å². The van der Waals surface area contributed by atoms with Crippen molar-refractivity contribution in [3.8, 4) is 0 Å². The maximum absolute atomic E-state index is 12.4. The fourth-order valence-electron chi connectivity index (χ4n) is 2.52. The molecule has 0 atom stereocenters. The lowest BCUT2D eigenvalue weighted by atomic mass is 10.2. The number of benzene rings is 1. The molecule has 24 heavy (non-hydrogen) atoms. The number of hydrogen-bond acceptors (Lipinski definition) is 5. The second kappa shape index (κ2) is 6.92. The highest BCUT2D eigenvalue weighted by Crippen LogP contribution is 2.21. The Kier molecular flexibility index (Phi) is 4.88. The van der Waals surface area contributed by atoms with Gasteiger partial charge < -0.3 is 4.42 Å². The molecule has 0 unspecified atom stereocenters. The van der Waals surface area contributed by atoms with Crippen LogP contribution >= 0.6 is 11.3 Å². The lowest BCUT2D eigenvalue weighted by Gasteiger charge is -2.07. The average Bonchev–Trinajstić information content (AvgIpc) is 3.17. The molecule has 2 aromatic heterocycles. The van der Waals surface area contributed by atoms with Crippen molar-refractivity contribution < 1.29 is 12.8 Å².